The quantitative estimate of drug-likeness (QED) is 0.240. The third kappa shape index (κ3) is 9.30. The van der Waals surface area contributed by atoms with Gasteiger partial charge in [-0.25, -0.2) is 18.6 Å². The molecule has 1 aromatic heterocycles. The van der Waals surface area contributed by atoms with Gasteiger partial charge in [0.25, 0.3) is 11.8 Å². The number of amides is 4. The van der Waals surface area contributed by atoms with Gasteiger partial charge in [-0.1, -0.05) is 25.5 Å². The van der Waals surface area contributed by atoms with E-state index >= 15 is 0 Å². The number of hydrogen-bond acceptors (Lipinski definition) is 8. The molecule has 52 heavy (non-hydrogen) atoms. The molecular formula is C37H43F2N5O8. The first-order valence-corrected chi connectivity index (χ1v) is 17.5. The Morgan fingerprint density at radius 2 is 1.73 bits per heavy atom. The lowest BCUT2D eigenvalue weighted by Gasteiger charge is -2.36. The smallest absolute Gasteiger partial charge is 0.409 e. The number of carbonyl (C=O) groups is 5. The summed E-state index contributed by atoms with van der Waals surface area (Å²) in [6.07, 6.45) is 1.83. The van der Waals surface area contributed by atoms with E-state index in [9.17, 15) is 37.9 Å². The molecule has 0 saturated carbocycles. The highest BCUT2D eigenvalue weighted by Gasteiger charge is 2.33. The highest BCUT2D eigenvalue weighted by atomic mass is 19.2. The third-order valence-corrected chi connectivity index (χ3v) is 9.24. The fraction of sp³-hybridized carbons (Fsp3) is 0.459. The molecule has 1 unspecified atom stereocenters. The molecule has 3 aromatic rings. The highest BCUT2D eigenvalue weighted by molar-refractivity contribution is 5.99. The van der Waals surface area contributed by atoms with Crippen molar-refractivity contribution in [3.8, 4) is 5.75 Å². The van der Waals surface area contributed by atoms with Crippen molar-refractivity contribution >= 4 is 40.7 Å². The fourth-order valence-electron chi connectivity index (χ4n) is 6.38. The van der Waals surface area contributed by atoms with Crippen LogP contribution in [0, 0.1) is 18.6 Å². The predicted molar refractivity (Wildman–Crippen MR) is 185 cm³/mol. The van der Waals surface area contributed by atoms with Gasteiger partial charge in [0.05, 0.1) is 18.2 Å². The number of nitrogens with one attached hydrogen (secondary N) is 1. The van der Waals surface area contributed by atoms with Crippen molar-refractivity contribution in [1.82, 2.24) is 25.0 Å². The van der Waals surface area contributed by atoms with Gasteiger partial charge in [0.2, 0.25) is 5.91 Å². The van der Waals surface area contributed by atoms with Crippen LogP contribution in [-0.2, 0) is 19.1 Å². The number of pyridine rings is 1. The molecule has 15 heteroatoms. The first-order chi connectivity index (χ1) is 24.9. The highest BCUT2D eigenvalue weighted by Crippen LogP contribution is 2.33. The van der Waals surface area contributed by atoms with Gasteiger partial charge in [-0.15, -0.1) is 0 Å². The number of aliphatic carboxylic acids is 1. The minimum Gasteiger partial charge on any atom is -0.483 e. The van der Waals surface area contributed by atoms with Crippen LogP contribution in [0.2, 0.25) is 0 Å². The Kier molecular flexibility index (Phi) is 12.6. The van der Waals surface area contributed by atoms with Gasteiger partial charge >= 0.3 is 12.1 Å². The van der Waals surface area contributed by atoms with E-state index in [0.29, 0.717) is 42.5 Å². The van der Waals surface area contributed by atoms with Crippen LogP contribution in [0.1, 0.15) is 73.1 Å². The normalized spacial score (nSPS) is 16.5. The van der Waals surface area contributed by atoms with Crippen molar-refractivity contribution in [3.63, 3.8) is 0 Å². The molecule has 278 valence electrons. The zero-order valence-electron chi connectivity index (χ0n) is 29.2. The van der Waals surface area contributed by atoms with Crippen LogP contribution in [0.4, 0.5) is 13.6 Å². The number of carbonyl (C=O) groups excluding carboxylic acids is 4. The van der Waals surface area contributed by atoms with E-state index in [4.69, 9.17) is 9.47 Å². The molecule has 0 radical (unpaired) electrons. The van der Waals surface area contributed by atoms with Crippen molar-refractivity contribution in [2.24, 2.45) is 0 Å². The largest absolute Gasteiger partial charge is 0.483 e. The van der Waals surface area contributed by atoms with Gasteiger partial charge in [0.1, 0.15) is 17.5 Å². The minimum absolute atomic E-state index is 0.117. The number of fused-ring (bicyclic) bond motifs is 1. The average Bonchev–Trinajstić information content (AvgIpc) is 3.63. The maximum absolute atomic E-state index is 14.0. The Labute approximate surface area is 299 Å². The second-order valence-corrected chi connectivity index (χ2v) is 13.0. The molecule has 2 saturated heterocycles. The number of ether oxygens (including phenoxy) is 2. The van der Waals surface area contributed by atoms with Crippen LogP contribution in [0.25, 0.3) is 10.9 Å². The molecule has 2 N–H and O–H groups in total. The maximum atomic E-state index is 14.0. The van der Waals surface area contributed by atoms with E-state index in [2.05, 4.69) is 10.3 Å². The number of aromatic nitrogens is 1. The molecule has 0 bridgehead atoms. The van der Waals surface area contributed by atoms with Gasteiger partial charge in [-0.3, -0.25) is 19.2 Å². The lowest BCUT2D eigenvalue weighted by Crippen LogP contribution is -2.56. The van der Waals surface area contributed by atoms with Crippen molar-refractivity contribution in [1.29, 1.82) is 0 Å². The van der Waals surface area contributed by atoms with E-state index in [-0.39, 0.29) is 56.4 Å². The number of rotatable bonds is 13. The maximum Gasteiger partial charge on any atom is 0.409 e. The number of unbranched alkanes of at least 4 members (excludes halogenated alkanes) is 1. The van der Waals surface area contributed by atoms with Crippen LogP contribution in [0.3, 0.4) is 0 Å². The number of nitrogens with zero attached hydrogens (tertiary/aromatic N) is 4. The van der Waals surface area contributed by atoms with Crippen LogP contribution in [0.15, 0.2) is 42.5 Å². The summed E-state index contributed by atoms with van der Waals surface area (Å²) < 4.78 is 38.8. The Morgan fingerprint density at radius 3 is 2.44 bits per heavy atom. The van der Waals surface area contributed by atoms with E-state index in [1.54, 1.807) is 17.0 Å². The third-order valence-electron chi connectivity index (χ3n) is 9.24. The molecule has 4 amide bonds. The molecule has 0 aliphatic carbocycles. The number of likely N-dealkylation sites (tertiary alicyclic amines) is 1. The average molecular weight is 724 g/mol. The molecule has 5 rings (SSSR count). The molecule has 2 aliphatic rings. The zero-order chi connectivity index (χ0) is 37.4. The monoisotopic (exact) mass is 723 g/mol. The lowest BCUT2D eigenvalue weighted by molar-refractivity contribution is -0.138. The van der Waals surface area contributed by atoms with Crippen LogP contribution in [0.5, 0.6) is 5.75 Å². The Bertz CT molecular complexity index is 1820. The van der Waals surface area contributed by atoms with Gasteiger partial charge in [0, 0.05) is 50.6 Å². The van der Waals surface area contributed by atoms with E-state index in [1.807, 2.05) is 19.9 Å². The number of benzene rings is 2. The van der Waals surface area contributed by atoms with Gasteiger partial charge in [-0.05, 0) is 68.0 Å². The summed E-state index contributed by atoms with van der Waals surface area (Å²) in [5.41, 5.74) is 1.60. The molecule has 3 heterocycles. The standard InChI is InChI=1S/C37H43F2N5O8/c1-3-4-18-51-37(50)43-16-14-42(15-17-43)36(49)28(11-12-34(46)47)41-35(48)30-21-32(25-9-7-23(2)19-29(25)40-30)52-22-33(45)44-13-5-6-31(44)24-8-10-26(38)27(39)20-24/h7-10,19-21,28,31H,3-6,11-18,22H2,1-2H3,(H,41,48)(H,46,47)/t28?,31-/m0/s1. The Balaban J connectivity index is 1.30. The summed E-state index contributed by atoms with van der Waals surface area (Å²) >= 11 is 0. The zero-order valence-corrected chi connectivity index (χ0v) is 29.2. The Hall–Kier alpha value is -5.34. The van der Waals surface area contributed by atoms with Crippen molar-refractivity contribution in [2.45, 2.75) is 64.5 Å². The fourth-order valence-corrected chi connectivity index (χ4v) is 6.38. The summed E-state index contributed by atoms with van der Waals surface area (Å²) in [5.74, 6) is -4.55. The number of halogens is 2. The summed E-state index contributed by atoms with van der Waals surface area (Å²) in [4.78, 5) is 73.6. The number of aryl methyl sites for hydroxylation is 1. The first kappa shape index (κ1) is 37.9. The van der Waals surface area contributed by atoms with E-state index < -0.39 is 54.2 Å². The SMILES string of the molecule is CCCCOC(=O)N1CCN(C(=O)C(CCC(=O)O)NC(=O)c2cc(OCC(=O)N3CCC[C@H]3c3ccc(F)c(F)c3)c3ccc(C)cc3n2)CC1. The molecule has 13 nitrogen and oxygen atoms in total. The number of carboxylic acid groups (broad SMARTS) is 1. The second-order valence-electron chi connectivity index (χ2n) is 13.0. The second kappa shape index (κ2) is 17.2. The summed E-state index contributed by atoms with van der Waals surface area (Å²) in [7, 11) is 0. The van der Waals surface area contributed by atoms with Gasteiger partial charge in [-0.2, -0.15) is 0 Å². The summed E-state index contributed by atoms with van der Waals surface area (Å²) in [6.45, 7) is 4.92. The first-order valence-electron chi connectivity index (χ1n) is 17.5. The van der Waals surface area contributed by atoms with Crippen molar-refractivity contribution in [3.05, 3.63) is 70.9 Å². The summed E-state index contributed by atoms with van der Waals surface area (Å²) in [5, 5.41) is 12.5. The minimum atomic E-state index is -1.20. The van der Waals surface area contributed by atoms with Gasteiger partial charge < -0.3 is 34.6 Å². The van der Waals surface area contributed by atoms with Gasteiger partial charge in [0.15, 0.2) is 18.2 Å². The number of carboxylic acids is 1. The molecule has 2 aliphatic heterocycles. The van der Waals surface area contributed by atoms with Crippen LogP contribution >= 0.6 is 0 Å². The molecule has 2 fully saturated rings. The van der Waals surface area contributed by atoms with E-state index in [1.165, 1.54) is 21.9 Å². The van der Waals surface area contributed by atoms with Crippen LogP contribution in [-0.4, -0.2) is 107 Å². The number of hydrogen-bond donors (Lipinski definition) is 2. The molecule has 2 aromatic carbocycles. The van der Waals surface area contributed by atoms with Crippen molar-refractivity contribution < 1.29 is 47.3 Å². The predicted octanol–water partition coefficient (Wildman–Crippen LogP) is 4.61. The molecular weight excluding hydrogens is 680 g/mol. The van der Waals surface area contributed by atoms with E-state index in [0.717, 1.165) is 30.5 Å². The Morgan fingerprint density at radius 1 is 0.981 bits per heavy atom. The summed E-state index contributed by atoms with van der Waals surface area (Å²) in [6, 6.07) is 8.60. The molecule has 2 atom stereocenters. The van der Waals surface area contributed by atoms with Crippen LogP contribution < -0.4 is 10.1 Å². The van der Waals surface area contributed by atoms with Crippen molar-refractivity contribution in [2.75, 3.05) is 45.9 Å². The topological polar surface area (TPSA) is 159 Å². The molecule has 0 spiro atoms. The number of piperazine rings is 1. The lowest BCUT2D eigenvalue weighted by atomic mass is 10.0.